The van der Waals surface area contributed by atoms with Crippen LogP contribution in [-0.2, 0) is 14.9 Å². The van der Waals surface area contributed by atoms with Gasteiger partial charge in [0, 0.05) is 29.9 Å². The summed E-state index contributed by atoms with van der Waals surface area (Å²) in [6, 6.07) is 16.9. The number of pyridine rings is 1. The third-order valence-electron chi connectivity index (χ3n) is 6.81. The zero-order valence-electron chi connectivity index (χ0n) is 19.7. The third kappa shape index (κ3) is 4.47. The lowest BCUT2D eigenvalue weighted by molar-refractivity contribution is -0.149. The summed E-state index contributed by atoms with van der Waals surface area (Å²) in [5, 5.41) is 7.79. The molecule has 2 aromatic carbocycles. The quantitative estimate of drug-likeness (QED) is 0.288. The van der Waals surface area contributed by atoms with Gasteiger partial charge in [-0.25, -0.2) is 0 Å². The third-order valence-corrected chi connectivity index (χ3v) is 6.81. The summed E-state index contributed by atoms with van der Waals surface area (Å²) in [6.45, 7) is 2.30. The summed E-state index contributed by atoms with van der Waals surface area (Å²) < 4.78 is 5.20. The van der Waals surface area contributed by atoms with Crippen molar-refractivity contribution in [3.05, 3.63) is 93.9 Å². The van der Waals surface area contributed by atoms with E-state index in [1.807, 2.05) is 18.2 Å². The van der Waals surface area contributed by atoms with Crippen molar-refractivity contribution in [2.24, 2.45) is 5.73 Å². The monoisotopic (exact) mass is 472 g/mol. The topological polar surface area (TPSA) is 129 Å². The Labute approximate surface area is 203 Å². The van der Waals surface area contributed by atoms with Crippen LogP contribution < -0.4 is 11.3 Å². The molecule has 180 valence electrons. The first-order valence-electron chi connectivity index (χ1n) is 11.4. The number of hydrogen-bond acceptors (Lipinski definition) is 5. The molecule has 8 nitrogen and oxygen atoms in total. The highest BCUT2D eigenvalue weighted by atomic mass is 16.5. The Morgan fingerprint density at radius 2 is 1.80 bits per heavy atom. The van der Waals surface area contributed by atoms with E-state index in [0.717, 1.165) is 17.5 Å². The Morgan fingerprint density at radius 1 is 1.09 bits per heavy atom. The maximum atomic E-state index is 13.6. The van der Waals surface area contributed by atoms with E-state index in [2.05, 4.69) is 4.98 Å². The number of hydrogen-bond donors (Lipinski definition) is 3. The molecule has 1 aliphatic heterocycles. The van der Waals surface area contributed by atoms with Gasteiger partial charge in [0.1, 0.15) is 11.3 Å². The number of nitrogens with two attached hydrogens (primary N) is 1. The number of amides is 1. The number of aromatic amines is 1. The van der Waals surface area contributed by atoms with Crippen LogP contribution in [0.3, 0.4) is 0 Å². The lowest BCUT2D eigenvalue weighted by Crippen LogP contribution is -2.53. The highest BCUT2D eigenvalue weighted by molar-refractivity contribution is 5.97. The van der Waals surface area contributed by atoms with Crippen molar-refractivity contribution in [2.75, 3.05) is 13.7 Å². The van der Waals surface area contributed by atoms with Crippen LogP contribution in [0.5, 0.6) is 0 Å². The van der Waals surface area contributed by atoms with E-state index in [1.54, 1.807) is 54.4 Å². The second-order valence-corrected chi connectivity index (χ2v) is 8.86. The molecule has 35 heavy (non-hydrogen) atoms. The lowest BCUT2D eigenvalue weighted by atomic mass is 9.74. The molecular formula is C27H28N4O4. The molecule has 1 aromatic heterocycles. The predicted molar refractivity (Wildman–Crippen MR) is 133 cm³/mol. The van der Waals surface area contributed by atoms with Crippen LogP contribution >= 0.6 is 0 Å². The molecule has 1 saturated heterocycles. The number of esters is 1. The zero-order chi connectivity index (χ0) is 25.2. The van der Waals surface area contributed by atoms with E-state index in [9.17, 15) is 14.4 Å². The number of carbonyl (C=O) groups excluding carboxylic acids is 2. The molecule has 3 aromatic rings. The largest absolute Gasteiger partial charge is 0.468 e. The van der Waals surface area contributed by atoms with Crippen molar-refractivity contribution in [1.82, 2.24) is 9.88 Å². The number of benzene rings is 2. The number of methoxy groups -OCH3 is 1. The van der Waals surface area contributed by atoms with Crippen LogP contribution in [0.4, 0.5) is 0 Å². The van der Waals surface area contributed by atoms with Crippen LogP contribution in [0.25, 0.3) is 11.1 Å². The number of rotatable bonds is 6. The van der Waals surface area contributed by atoms with Gasteiger partial charge in [-0.2, -0.15) is 0 Å². The number of likely N-dealkylation sites (tertiary alicyclic amines) is 1. The van der Waals surface area contributed by atoms with Crippen molar-refractivity contribution in [3.8, 4) is 11.1 Å². The fourth-order valence-corrected chi connectivity index (χ4v) is 4.84. The normalized spacial score (nSPS) is 17.0. The summed E-state index contributed by atoms with van der Waals surface area (Å²) in [7, 11) is 1.34. The molecule has 8 heteroatoms. The zero-order valence-corrected chi connectivity index (χ0v) is 19.7. The number of aromatic nitrogens is 1. The second-order valence-electron chi connectivity index (χ2n) is 8.86. The van der Waals surface area contributed by atoms with Crippen molar-refractivity contribution in [1.29, 1.82) is 5.41 Å². The summed E-state index contributed by atoms with van der Waals surface area (Å²) in [5.41, 5.74) is 7.75. The minimum Gasteiger partial charge on any atom is -0.468 e. The SMILES string of the molecule is COC(=O)[C@](C)(c1cccc(C(=N)N)c1)[C@H]1CCCN1C(=O)c1ccc(-c2ccc(=O)[nH]c2)cc1. The molecular weight excluding hydrogens is 444 g/mol. The maximum absolute atomic E-state index is 13.6. The molecule has 2 heterocycles. The Kier molecular flexibility index (Phi) is 6.55. The molecule has 0 radical (unpaired) electrons. The molecule has 0 bridgehead atoms. The number of H-pyrrole nitrogens is 1. The molecule has 0 aliphatic carbocycles. The van der Waals surface area contributed by atoms with Crippen LogP contribution in [-0.4, -0.2) is 47.3 Å². The van der Waals surface area contributed by atoms with E-state index >= 15 is 0 Å². The highest BCUT2D eigenvalue weighted by Gasteiger charge is 2.50. The molecule has 4 rings (SSSR count). The number of nitrogens with one attached hydrogen (secondary N) is 2. The van der Waals surface area contributed by atoms with Gasteiger partial charge in [0.15, 0.2) is 0 Å². The molecule has 1 fully saturated rings. The van der Waals surface area contributed by atoms with Crippen LogP contribution in [0.2, 0.25) is 0 Å². The number of nitrogens with zero attached hydrogens (tertiary/aromatic N) is 1. The van der Waals surface area contributed by atoms with Gasteiger partial charge in [-0.1, -0.05) is 30.3 Å². The Morgan fingerprint density at radius 3 is 2.43 bits per heavy atom. The number of amidine groups is 1. The fraction of sp³-hybridized carbons (Fsp3) is 0.259. The van der Waals surface area contributed by atoms with Gasteiger partial charge in [-0.15, -0.1) is 0 Å². The van der Waals surface area contributed by atoms with Gasteiger partial charge in [-0.05, 0) is 60.7 Å². The number of carbonyl (C=O) groups is 2. The van der Waals surface area contributed by atoms with E-state index in [0.29, 0.717) is 29.7 Å². The highest BCUT2D eigenvalue weighted by Crippen LogP contribution is 2.39. The van der Waals surface area contributed by atoms with Crippen molar-refractivity contribution in [2.45, 2.75) is 31.2 Å². The first kappa shape index (κ1) is 23.9. The van der Waals surface area contributed by atoms with Gasteiger partial charge in [0.25, 0.3) is 5.91 Å². The molecule has 0 unspecified atom stereocenters. The molecule has 4 N–H and O–H groups in total. The Hall–Kier alpha value is -4.20. The maximum Gasteiger partial charge on any atom is 0.318 e. The first-order valence-corrected chi connectivity index (χ1v) is 11.4. The molecule has 0 spiro atoms. The van der Waals surface area contributed by atoms with E-state index in [4.69, 9.17) is 15.9 Å². The summed E-state index contributed by atoms with van der Waals surface area (Å²) >= 11 is 0. The lowest BCUT2D eigenvalue weighted by Gasteiger charge is -2.39. The summed E-state index contributed by atoms with van der Waals surface area (Å²) in [6.07, 6.45) is 3.02. The average Bonchev–Trinajstić information content (AvgIpc) is 3.38. The smallest absolute Gasteiger partial charge is 0.318 e. The minimum absolute atomic E-state index is 0.0963. The molecule has 2 atom stereocenters. The van der Waals surface area contributed by atoms with Crippen LogP contribution in [0.1, 0.15) is 41.3 Å². The minimum atomic E-state index is -1.14. The first-order chi connectivity index (χ1) is 16.8. The van der Waals surface area contributed by atoms with Gasteiger partial charge in [0.2, 0.25) is 5.56 Å². The number of nitrogen functional groups attached to an aromatic ring is 1. The van der Waals surface area contributed by atoms with Gasteiger partial charge in [-0.3, -0.25) is 19.8 Å². The van der Waals surface area contributed by atoms with Crippen molar-refractivity contribution < 1.29 is 14.3 Å². The fourth-order valence-electron chi connectivity index (χ4n) is 4.84. The standard InChI is InChI=1S/C27H28N4O4/c1-27(26(34)35-2,21-6-3-5-19(15-21)24(28)29)22-7-4-14-31(22)25(33)18-10-8-17(9-11-18)20-12-13-23(32)30-16-20/h3,5-6,8-13,15-16,22H,4,7,14H2,1-2H3,(H3,28,29)(H,30,32)/t22-,27-/m1/s1. The number of ether oxygens (including phenoxy) is 1. The predicted octanol–water partition coefficient (Wildman–Crippen LogP) is 3.06. The second kappa shape index (κ2) is 9.58. The van der Waals surface area contributed by atoms with Crippen molar-refractivity contribution >= 4 is 17.7 Å². The van der Waals surface area contributed by atoms with E-state index < -0.39 is 17.4 Å². The molecule has 0 saturated carbocycles. The van der Waals surface area contributed by atoms with Gasteiger partial charge >= 0.3 is 5.97 Å². The van der Waals surface area contributed by atoms with Crippen molar-refractivity contribution in [3.63, 3.8) is 0 Å². The van der Waals surface area contributed by atoms with E-state index in [-0.39, 0.29) is 17.3 Å². The molecule has 1 aliphatic rings. The van der Waals surface area contributed by atoms with Gasteiger partial charge in [0.05, 0.1) is 13.2 Å². The Balaban J connectivity index is 1.67. The molecule has 1 amide bonds. The summed E-state index contributed by atoms with van der Waals surface area (Å²) in [5.74, 6) is -0.712. The average molecular weight is 473 g/mol. The van der Waals surface area contributed by atoms with Gasteiger partial charge < -0.3 is 20.4 Å². The van der Waals surface area contributed by atoms with E-state index in [1.165, 1.54) is 13.2 Å². The van der Waals surface area contributed by atoms with Crippen LogP contribution in [0.15, 0.2) is 71.7 Å². The summed E-state index contributed by atoms with van der Waals surface area (Å²) in [4.78, 5) is 42.5. The van der Waals surface area contributed by atoms with Crippen LogP contribution in [0, 0.1) is 5.41 Å². The Bertz CT molecular complexity index is 1310.